The zero-order valence-electron chi connectivity index (χ0n) is 12.0. The number of nitrogens with one attached hydrogen (secondary N) is 1. The van der Waals surface area contributed by atoms with E-state index in [0.717, 1.165) is 49.8 Å². The molecule has 0 amide bonds. The highest BCUT2D eigenvalue weighted by atomic mass is 16.5. The summed E-state index contributed by atoms with van der Waals surface area (Å²) in [5, 5.41) is 3.34. The Balaban J connectivity index is 2.62. The summed E-state index contributed by atoms with van der Waals surface area (Å²) in [6, 6.07) is 0. The number of hydrogen-bond acceptors (Lipinski definition) is 4. The number of hydrogen-bond donors (Lipinski definition) is 1. The van der Waals surface area contributed by atoms with Gasteiger partial charge >= 0.3 is 0 Å². The van der Waals surface area contributed by atoms with E-state index in [0.29, 0.717) is 0 Å². The largest absolute Gasteiger partial charge is 0.383 e. The van der Waals surface area contributed by atoms with Crippen molar-refractivity contribution in [2.24, 2.45) is 0 Å². The third-order valence-electron chi connectivity index (χ3n) is 3.01. The van der Waals surface area contributed by atoms with Crippen molar-refractivity contribution in [1.29, 1.82) is 0 Å². The second-order valence-electron chi connectivity index (χ2n) is 4.56. The van der Waals surface area contributed by atoms with E-state index in [-0.39, 0.29) is 0 Å². The van der Waals surface area contributed by atoms with Crippen LogP contribution in [0.3, 0.4) is 0 Å². The van der Waals surface area contributed by atoms with Gasteiger partial charge in [0.15, 0.2) is 0 Å². The van der Waals surface area contributed by atoms with E-state index in [2.05, 4.69) is 36.1 Å². The zero-order chi connectivity index (χ0) is 13.4. The normalized spacial score (nSPS) is 10.9. The van der Waals surface area contributed by atoms with E-state index in [1.807, 2.05) is 0 Å². The Bertz CT molecular complexity index is 343. The lowest BCUT2D eigenvalue weighted by atomic mass is 10.1. The van der Waals surface area contributed by atoms with E-state index < -0.39 is 0 Å². The molecular formula is C14H25N3O. The molecule has 1 aromatic heterocycles. The van der Waals surface area contributed by atoms with Crippen molar-refractivity contribution in [3.8, 4) is 0 Å². The third-order valence-corrected chi connectivity index (χ3v) is 3.01. The van der Waals surface area contributed by atoms with Gasteiger partial charge in [0.1, 0.15) is 5.82 Å². The summed E-state index contributed by atoms with van der Waals surface area (Å²) < 4.78 is 5.01. The Labute approximate surface area is 110 Å². The average Bonchev–Trinajstić information content (AvgIpc) is 2.34. The van der Waals surface area contributed by atoms with Crippen molar-refractivity contribution in [1.82, 2.24) is 15.3 Å². The number of aromatic nitrogens is 2. The molecule has 1 heterocycles. The molecule has 0 radical (unpaired) electrons. The lowest BCUT2D eigenvalue weighted by Crippen LogP contribution is -2.20. The minimum atomic E-state index is 0.730. The minimum absolute atomic E-state index is 0.730. The second kappa shape index (κ2) is 8.16. The first-order valence-corrected chi connectivity index (χ1v) is 6.71. The monoisotopic (exact) mass is 251 g/mol. The molecule has 0 aromatic carbocycles. The molecule has 0 saturated carbocycles. The number of ether oxygens (including phenoxy) is 1. The molecule has 0 aliphatic carbocycles. The van der Waals surface area contributed by atoms with Crippen LogP contribution in [0.25, 0.3) is 0 Å². The van der Waals surface area contributed by atoms with Crippen LogP contribution in [0.1, 0.15) is 42.5 Å². The van der Waals surface area contributed by atoms with E-state index in [4.69, 9.17) is 4.74 Å². The lowest BCUT2D eigenvalue weighted by Gasteiger charge is -2.11. The summed E-state index contributed by atoms with van der Waals surface area (Å²) in [4.78, 5) is 9.18. The molecule has 1 rings (SSSR count). The Morgan fingerprint density at radius 1 is 1.17 bits per heavy atom. The van der Waals surface area contributed by atoms with Crippen molar-refractivity contribution in [2.75, 3.05) is 20.3 Å². The van der Waals surface area contributed by atoms with Gasteiger partial charge in [-0.2, -0.15) is 0 Å². The predicted octanol–water partition coefficient (Wildman–Crippen LogP) is 2.17. The van der Waals surface area contributed by atoms with Crippen molar-refractivity contribution in [3.63, 3.8) is 0 Å². The maximum Gasteiger partial charge on any atom is 0.128 e. The standard InChI is InChI=1S/C14H25N3O/c1-5-6-7-14-16-11(2)13(12(3)17-14)10-15-8-9-18-4/h15H,5-10H2,1-4H3. The Kier molecular flexibility index (Phi) is 6.83. The smallest absolute Gasteiger partial charge is 0.128 e. The van der Waals surface area contributed by atoms with Gasteiger partial charge in [-0.05, 0) is 20.3 Å². The second-order valence-corrected chi connectivity index (χ2v) is 4.56. The molecule has 102 valence electrons. The molecule has 0 bridgehead atoms. The van der Waals surface area contributed by atoms with Crippen LogP contribution < -0.4 is 5.32 Å². The van der Waals surface area contributed by atoms with Crippen LogP contribution in [0.5, 0.6) is 0 Å². The summed E-state index contributed by atoms with van der Waals surface area (Å²) in [6.45, 7) is 8.72. The maximum absolute atomic E-state index is 5.01. The number of unbranched alkanes of at least 4 members (excludes halogenated alkanes) is 1. The molecule has 4 nitrogen and oxygen atoms in total. The molecule has 0 fully saturated rings. The van der Waals surface area contributed by atoms with Gasteiger partial charge < -0.3 is 10.1 Å². The van der Waals surface area contributed by atoms with E-state index in [1.54, 1.807) is 7.11 Å². The summed E-state index contributed by atoms with van der Waals surface area (Å²) >= 11 is 0. The summed E-state index contributed by atoms with van der Waals surface area (Å²) in [7, 11) is 1.71. The molecule has 0 saturated heterocycles. The Morgan fingerprint density at radius 3 is 2.39 bits per heavy atom. The van der Waals surface area contributed by atoms with Crippen LogP contribution >= 0.6 is 0 Å². The fourth-order valence-electron chi connectivity index (χ4n) is 1.90. The first-order valence-electron chi connectivity index (χ1n) is 6.71. The van der Waals surface area contributed by atoms with Gasteiger partial charge in [0.25, 0.3) is 0 Å². The number of aryl methyl sites for hydroxylation is 3. The molecule has 1 N–H and O–H groups in total. The first-order chi connectivity index (χ1) is 8.69. The van der Waals surface area contributed by atoms with Crippen LogP contribution in [-0.4, -0.2) is 30.2 Å². The highest BCUT2D eigenvalue weighted by Crippen LogP contribution is 2.11. The molecule has 4 heteroatoms. The minimum Gasteiger partial charge on any atom is -0.383 e. The van der Waals surface area contributed by atoms with Gasteiger partial charge in [-0.15, -0.1) is 0 Å². The topological polar surface area (TPSA) is 47.0 Å². The van der Waals surface area contributed by atoms with Gasteiger partial charge in [-0.1, -0.05) is 13.3 Å². The first kappa shape index (κ1) is 15.1. The molecule has 0 unspecified atom stereocenters. The van der Waals surface area contributed by atoms with E-state index in [9.17, 15) is 0 Å². The molecule has 0 atom stereocenters. The van der Waals surface area contributed by atoms with Crippen molar-refractivity contribution in [3.05, 3.63) is 22.8 Å². The lowest BCUT2D eigenvalue weighted by molar-refractivity contribution is 0.199. The molecular weight excluding hydrogens is 226 g/mol. The number of rotatable bonds is 8. The van der Waals surface area contributed by atoms with Crippen molar-refractivity contribution < 1.29 is 4.74 Å². The quantitative estimate of drug-likeness (QED) is 0.719. The fraction of sp³-hybridized carbons (Fsp3) is 0.714. The molecule has 0 aliphatic rings. The maximum atomic E-state index is 5.01. The molecule has 18 heavy (non-hydrogen) atoms. The predicted molar refractivity (Wildman–Crippen MR) is 73.7 cm³/mol. The highest BCUT2D eigenvalue weighted by Gasteiger charge is 2.07. The fourth-order valence-corrected chi connectivity index (χ4v) is 1.90. The van der Waals surface area contributed by atoms with Crippen LogP contribution in [0.2, 0.25) is 0 Å². The van der Waals surface area contributed by atoms with Gasteiger partial charge in [0.2, 0.25) is 0 Å². The third kappa shape index (κ3) is 4.70. The SMILES string of the molecule is CCCCc1nc(C)c(CNCCOC)c(C)n1. The van der Waals surface area contributed by atoms with Crippen LogP contribution in [0.4, 0.5) is 0 Å². The van der Waals surface area contributed by atoms with Crippen LogP contribution in [0, 0.1) is 13.8 Å². The Morgan fingerprint density at radius 2 is 1.83 bits per heavy atom. The summed E-state index contributed by atoms with van der Waals surface area (Å²) in [5.74, 6) is 0.979. The van der Waals surface area contributed by atoms with Crippen molar-refractivity contribution in [2.45, 2.75) is 46.6 Å². The van der Waals surface area contributed by atoms with E-state index in [1.165, 1.54) is 12.0 Å². The van der Waals surface area contributed by atoms with Crippen molar-refractivity contribution >= 4 is 0 Å². The molecule has 0 aliphatic heterocycles. The number of nitrogens with zero attached hydrogens (tertiary/aromatic N) is 2. The van der Waals surface area contributed by atoms with Crippen LogP contribution in [0.15, 0.2) is 0 Å². The van der Waals surface area contributed by atoms with Gasteiger partial charge in [-0.3, -0.25) is 0 Å². The molecule has 1 aromatic rings. The zero-order valence-corrected chi connectivity index (χ0v) is 12.0. The van der Waals surface area contributed by atoms with E-state index >= 15 is 0 Å². The summed E-state index contributed by atoms with van der Waals surface area (Å²) in [6.07, 6.45) is 3.32. The summed E-state index contributed by atoms with van der Waals surface area (Å²) in [5.41, 5.74) is 3.41. The molecule has 0 spiro atoms. The number of methoxy groups -OCH3 is 1. The van der Waals surface area contributed by atoms with Gasteiger partial charge in [-0.25, -0.2) is 9.97 Å². The van der Waals surface area contributed by atoms with Gasteiger partial charge in [0.05, 0.1) is 6.61 Å². The van der Waals surface area contributed by atoms with Gasteiger partial charge in [0, 0.05) is 43.6 Å². The Hall–Kier alpha value is -1.00. The van der Waals surface area contributed by atoms with Crippen LogP contribution in [-0.2, 0) is 17.7 Å². The average molecular weight is 251 g/mol. The highest BCUT2D eigenvalue weighted by molar-refractivity contribution is 5.24.